The average molecular weight is 269 g/mol. The minimum absolute atomic E-state index is 0.00586. The van der Waals surface area contributed by atoms with Gasteiger partial charge in [-0.3, -0.25) is 9.36 Å². The van der Waals surface area contributed by atoms with Crippen LogP contribution in [-0.4, -0.2) is 40.5 Å². The molecule has 0 amide bonds. The van der Waals surface area contributed by atoms with E-state index in [0.29, 0.717) is 11.5 Å². The lowest BCUT2D eigenvalue weighted by Gasteiger charge is -2.29. The molecule has 1 aromatic heterocycles. The minimum atomic E-state index is 0.00586. The fourth-order valence-electron chi connectivity index (χ4n) is 2.89. The molecule has 2 aromatic rings. The number of piperidine rings is 1. The number of aromatic nitrogens is 2. The average Bonchev–Trinajstić information content (AvgIpc) is 2.97. The second-order valence-electron chi connectivity index (χ2n) is 5.43. The van der Waals surface area contributed by atoms with Crippen LogP contribution in [0, 0.1) is 0 Å². The summed E-state index contributed by atoms with van der Waals surface area (Å²) in [4.78, 5) is 19.3. The largest absolute Gasteiger partial charge is 0.306 e. The van der Waals surface area contributed by atoms with Crippen LogP contribution in [-0.2, 0) is 0 Å². The van der Waals surface area contributed by atoms with Gasteiger partial charge in [-0.2, -0.15) is 0 Å². The molecule has 1 aromatic carbocycles. The second-order valence-corrected chi connectivity index (χ2v) is 5.43. The first-order chi connectivity index (χ1) is 9.75. The van der Waals surface area contributed by atoms with Gasteiger partial charge in [0.25, 0.3) is 5.91 Å². The van der Waals surface area contributed by atoms with Crippen molar-refractivity contribution in [2.24, 2.45) is 0 Å². The molecule has 0 spiro atoms. The van der Waals surface area contributed by atoms with Crippen molar-refractivity contribution in [2.75, 3.05) is 20.1 Å². The maximum absolute atomic E-state index is 12.6. The van der Waals surface area contributed by atoms with Crippen molar-refractivity contribution in [3.8, 4) is 0 Å². The highest BCUT2D eigenvalue weighted by molar-refractivity contribution is 5.96. The molecule has 0 saturated carbocycles. The van der Waals surface area contributed by atoms with E-state index in [1.54, 1.807) is 17.0 Å². The normalized spacial score (nSPS) is 19.9. The summed E-state index contributed by atoms with van der Waals surface area (Å²) >= 11 is 0. The fraction of sp³-hybridized carbons (Fsp3) is 0.375. The SMILES string of the molecule is CN1CCC[C@@H](c2nccn2C(=O)c2ccccc2)C1. The number of rotatable bonds is 2. The molecule has 3 rings (SSSR count). The van der Waals surface area contributed by atoms with Crippen LogP contribution < -0.4 is 0 Å². The Morgan fingerprint density at radius 2 is 2.10 bits per heavy atom. The molecular formula is C16H19N3O. The van der Waals surface area contributed by atoms with Crippen LogP contribution in [0.5, 0.6) is 0 Å². The summed E-state index contributed by atoms with van der Waals surface area (Å²) in [6, 6.07) is 9.39. The highest BCUT2D eigenvalue weighted by atomic mass is 16.2. The summed E-state index contributed by atoms with van der Waals surface area (Å²) in [5, 5.41) is 0. The predicted octanol–water partition coefficient (Wildman–Crippen LogP) is 2.38. The molecule has 104 valence electrons. The Hall–Kier alpha value is -1.94. The first-order valence-corrected chi connectivity index (χ1v) is 7.07. The van der Waals surface area contributed by atoms with Crippen molar-refractivity contribution in [3.05, 3.63) is 54.1 Å². The van der Waals surface area contributed by atoms with E-state index in [9.17, 15) is 4.79 Å². The lowest BCUT2D eigenvalue weighted by atomic mass is 9.97. The van der Waals surface area contributed by atoms with Crippen molar-refractivity contribution >= 4 is 5.91 Å². The lowest BCUT2D eigenvalue weighted by molar-refractivity contribution is 0.0952. The van der Waals surface area contributed by atoms with Crippen LogP contribution in [0.3, 0.4) is 0 Å². The number of nitrogens with zero attached hydrogens (tertiary/aromatic N) is 3. The highest BCUT2D eigenvalue weighted by Gasteiger charge is 2.24. The van der Waals surface area contributed by atoms with Crippen molar-refractivity contribution in [1.29, 1.82) is 0 Å². The summed E-state index contributed by atoms with van der Waals surface area (Å²) in [7, 11) is 2.12. The topological polar surface area (TPSA) is 38.1 Å². The van der Waals surface area contributed by atoms with E-state index >= 15 is 0 Å². The Balaban J connectivity index is 1.88. The van der Waals surface area contributed by atoms with Crippen LogP contribution in [0.4, 0.5) is 0 Å². The molecule has 20 heavy (non-hydrogen) atoms. The second kappa shape index (κ2) is 5.59. The van der Waals surface area contributed by atoms with Crippen LogP contribution in [0.2, 0.25) is 0 Å². The summed E-state index contributed by atoms with van der Waals surface area (Å²) < 4.78 is 1.71. The Kier molecular flexibility index (Phi) is 3.65. The molecule has 2 heterocycles. The van der Waals surface area contributed by atoms with Crippen LogP contribution in [0.25, 0.3) is 0 Å². The van der Waals surface area contributed by atoms with Gasteiger partial charge in [0.2, 0.25) is 0 Å². The van der Waals surface area contributed by atoms with E-state index < -0.39 is 0 Å². The Morgan fingerprint density at radius 1 is 1.30 bits per heavy atom. The molecule has 4 heteroatoms. The first kappa shape index (κ1) is 13.1. The molecule has 0 unspecified atom stereocenters. The van der Waals surface area contributed by atoms with Crippen molar-refractivity contribution in [1.82, 2.24) is 14.5 Å². The molecule has 0 bridgehead atoms. The van der Waals surface area contributed by atoms with Crippen molar-refractivity contribution in [3.63, 3.8) is 0 Å². The molecule has 4 nitrogen and oxygen atoms in total. The van der Waals surface area contributed by atoms with Crippen LogP contribution in [0.1, 0.15) is 34.9 Å². The van der Waals surface area contributed by atoms with Gasteiger partial charge >= 0.3 is 0 Å². The Labute approximate surface area is 119 Å². The van der Waals surface area contributed by atoms with E-state index in [-0.39, 0.29) is 5.91 Å². The predicted molar refractivity (Wildman–Crippen MR) is 77.9 cm³/mol. The standard InChI is InChI=1S/C16H19N3O/c1-18-10-5-8-14(12-18)15-17-9-11-19(15)16(20)13-6-3-2-4-7-13/h2-4,6-7,9,11,14H,5,8,10,12H2,1H3/t14-/m1/s1. The molecular weight excluding hydrogens is 250 g/mol. The van der Waals surface area contributed by atoms with Gasteiger partial charge in [0.1, 0.15) is 5.82 Å². The summed E-state index contributed by atoms with van der Waals surface area (Å²) in [5.74, 6) is 1.24. The van der Waals surface area contributed by atoms with E-state index in [0.717, 1.165) is 31.8 Å². The molecule has 0 radical (unpaired) electrons. The molecule has 1 atom stereocenters. The number of carbonyl (C=O) groups is 1. The number of likely N-dealkylation sites (N-methyl/N-ethyl adjacent to an activating group) is 1. The van der Waals surface area contributed by atoms with E-state index in [1.807, 2.05) is 30.3 Å². The third-order valence-electron chi connectivity index (χ3n) is 3.90. The van der Waals surface area contributed by atoms with Crippen LogP contribution in [0.15, 0.2) is 42.7 Å². The maximum Gasteiger partial charge on any atom is 0.263 e. The minimum Gasteiger partial charge on any atom is -0.306 e. The number of likely N-dealkylation sites (tertiary alicyclic amines) is 1. The number of imidazole rings is 1. The molecule has 0 N–H and O–H groups in total. The smallest absolute Gasteiger partial charge is 0.263 e. The third kappa shape index (κ3) is 2.51. The molecule has 0 aliphatic carbocycles. The number of benzene rings is 1. The van der Waals surface area contributed by atoms with Gasteiger partial charge in [0, 0.05) is 30.4 Å². The number of hydrogen-bond acceptors (Lipinski definition) is 3. The Morgan fingerprint density at radius 3 is 2.85 bits per heavy atom. The first-order valence-electron chi connectivity index (χ1n) is 7.07. The summed E-state index contributed by atoms with van der Waals surface area (Å²) in [5.41, 5.74) is 0.705. The van der Waals surface area contributed by atoms with Gasteiger partial charge < -0.3 is 4.90 Å². The van der Waals surface area contributed by atoms with E-state index in [2.05, 4.69) is 16.9 Å². The number of carbonyl (C=O) groups excluding carboxylic acids is 1. The zero-order valence-electron chi connectivity index (χ0n) is 11.7. The quantitative estimate of drug-likeness (QED) is 0.840. The zero-order valence-corrected chi connectivity index (χ0v) is 11.7. The van der Waals surface area contributed by atoms with Gasteiger partial charge in [0.15, 0.2) is 0 Å². The van der Waals surface area contributed by atoms with E-state index in [1.165, 1.54) is 0 Å². The monoisotopic (exact) mass is 269 g/mol. The summed E-state index contributed by atoms with van der Waals surface area (Å²) in [6.45, 7) is 2.10. The molecule has 1 saturated heterocycles. The van der Waals surface area contributed by atoms with Gasteiger partial charge in [-0.1, -0.05) is 18.2 Å². The van der Waals surface area contributed by atoms with Crippen molar-refractivity contribution in [2.45, 2.75) is 18.8 Å². The maximum atomic E-state index is 12.6. The van der Waals surface area contributed by atoms with Crippen LogP contribution >= 0.6 is 0 Å². The van der Waals surface area contributed by atoms with Crippen molar-refractivity contribution < 1.29 is 4.79 Å². The third-order valence-corrected chi connectivity index (χ3v) is 3.90. The van der Waals surface area contributed by atoms with Gasteiger partial charge in [-0.25, -0.2) is 4.98 Å². The van der Waals surface area contributed by atoms with Gasteiger partial charge in [0.05, 0.1) is 0 Å². The highest BCUT2D eigenvalue weighted by Crippen LogP contribution is 2.25. The number of hydrogen-bond donors (Lipinski definition) is 0. The molecule has 1 aliphatic rings. The Bertz CT molecular complexity index is 591. The summed E-state index contributed by atoms with van der Waals surface area (Å²) in [6.07, 6.45) is 5.76. The lowest BCUT2D eigenvalue weighted by Crippen LogP contribution is -2.32. The molecule has 1 aliphatic heterocycles. The zero-order chi connectivity index (χ0) is 13.9. The molecule has 1 fully saturated rings. The van der Waals surface area contributed by atoms with E-state index in [4.69, 9.17) is 0 Å². The van der Waals surface area contributed by atoms with Gasteiger partial charge in [-0.15, -0.1) is 0 Å². The fourth-order valence-corrected chi connectivity index (χ4v) is 2.89. The van der Waals surface area contributed by atoms with Gasteiger partial charge in [-0.05, 0) is 38.6 Å².